The maximum Gasteiger partial charge on any atom is 0.501 e. The molecule has 1 aromatic rings. The monoisotopic (exact) mass is 417 g/mol. The Hall–Kier alpha value is -1.41. The van der Waals surface area contributed by atoms with Gasteiger partial charge in [-0.05, 0) is 18.2 Å². The second-order valence-corrected chi connectivity index (χ2v) is 9.00. The van der Waals surface area contributed by atoms with E-state index < -0.39 is 35.2 Å². The predicted molar refractivity (Wildman–Crippen MR) is 86.8 cm³/mol. The van der Waals surface area contributed by atoms with E-state index in [1.165, 1.54) is 0 Å². The lowest BCUT2D eigenvalue weighted by atomic mass is 10.3. The minimum atomic E-state index is -5.76. The van der Waals surface area contributed by atoms with E-state index in [2.05, 4.69) is 5.32 Å². The molecule has 0 saturated carbocycles. The summed E-state index contributed by atoms with van der Waals surface area (Å²) >= 11 is 0. The molecule has 1 aliphatic heterocycles. The molecule has 0 unspecified atom stereocenters. The highest BCUT2D eigenvalue weighted by molar-refractivity contribution is 7.92. The van der Waals surface area contributed by atoms with E-state index in [1.807, 2.05) is 4.90 Å². The van der Waals surface area contributed by atoms with Crippen molar-refractivity contribution in [3.05, 3.63) is 18.2 Å². The van der Waals surface area contributed by atoms with Crippen LogP contribution < -0.4 is 10.5 Å². The first-order valence-electron chi connectivity index (χ1n) is 7.45. The van der Waals surface area contributed by atoms with Gasteiger partial charge in [-0.1, -0.05) is 0 Å². The van der Waals surface area contributed by atoms with Crippen LogP contribution >= 0.6 is 0 Å². The Kier molecular flexibility index (Phi) is 6.17. The molecule has 1 aromatic carbocycles. The van der Waals surface area contributed by atoms with Gasteiger partial charge in [-0.25, -0.2) is 22.0 Å². The maximum absolute atomic E-state index is 12.9. The van der Waals surface area contributed by atoms with Crippen LogP contribution in [0.25, 0.3) is 0 Å². The molecule has 1 heterocycles. The zero-order valence-corrected chi connectivity index (χ0v) is 15.1. The third-order valence-electron chi connectivity index (χ3n) is 3.72. The number of nitrogens with zero attached hydrogens (tertiary/aromatic N) is 1. The minimum absolute atomic E-state index is 0.162. The number of hydrogen-bond donors (Lipinski definition) is 2. The van der Waals surface area contributed by atoms with Gasteiger partial charge < -0.3 is 10.1 Å². The molecule has 0 radical (unpaired) electrons. The van der Waals surface area contributed by atoms with Crippen molar-refractivity contribution >= 4 is 25.5 Å². The van der Waals surface area contributed by atoms with Crippen molar-refractivity contribution in [2.45, 2.75) is 15.3 Å². The van der Waals surface area contributed by atoms with Crippen LogP contribution in [-0.2, 0) is 24.6 Å². The average Bonchev–Trinajstić information content (AvgIpc) is 2.54. The van der Waals surface area contributed by atoms with Crippen molar-refractivity contribution in [1.29, 1.82) is 0 Å². The van der Waals surface area contributed by atoms with Gasteiger partial charge in [-0.2, -0.15) is 13.2 Å². The fraction of sp³-hybridized carbons (Fsp3) is 0.538. The summed E-state index contributed by atoms with van der Waals surface area (Å²) < 4.78 is 90.2. The summed E-state index contributed by atoms with van der Waals surface area (Å²) in [5.41, 5.74) is -5.92. The average molecular weight is 417 g/mol. The predicted octanol–water partition coefficient (Wildman–Crippen LogP) is 0.372. The Balaban J connectivity index is 2.29. The Morgan fingerprint density at radius 3 is 2.31 bits per heavy atom. The smallest absolute Gasteiger partial charge is 0.383 e. The van der Waals surface area contributed by atoms with Crippen molar-refractivity contribution < 1.29 is 34.7 Å². The van der Waals surface area contributed by atoms with Crippen molar-refractivity contribution in [1.82, 2.24) is 4.90 Å². The summed E-state index contributed by atoms with van der Waals surface area (Å²) in [6.45, 7) is 2.99. The van der Waals surface area contributed by atoms with Gasteiger partial charge >= 0.3 is 5.51 Å². The van der Waals surface area contributed by atoms with Gasteiger partial charge in [0.05, 0.1) is 23.8 Å². The van der Waals surface area contributed by atoms with E-state index >= 15 is 0 Å². The first-order valence-corrected chi connectivity index (χ1v) is 10.5. The van der Waals surface area contributed by atoms with Crippen LogP contribution in [0.1, 0.15) is 0 Å². The molecule has 8 nitrogen and oxygen atoms in total. The van der Waals surface area contributed by atoms with Crippen LogP contribution in [0.3, 0.4) is 0 Å². The highest BCUT2D eigenvalue weighted by Crippen LogP contribution is 2.35. The van der Waals surface area contributed by atoms with E-state index in [0.29, 0.717) is 38.9 Å². The Morgan fingerprint density at radius 2 is 1.77 bits per heavy atom. The van der Waals surface area contributed by atoms with Gasteiger partial charge in [0.1, 0.15) is 4.90 Å². The third kappa shape index (κ3) is 4.85. The number of ether oxygens (including phenoxy) is 1. The number of rotatable bonds is 6. The number of nitrogens with one attached hydrogen (secondary N) is 1. The molecule has 0 aromatic heterocycles. The van der Waals surface area contributed by atoms with E-state index in [9.17, 15) is 30.0 Å². The second kappa shape index (κ2) is 7.68. The van der Waals surface area contributed by atoms with Crippen molar-refractivity contribution in [2.75, 3.05) is 44.7 Å². The highest BCUT2D eigenvalue weighted by atomic mass is 32.2. The summed E-state index contributed by atoms with van der Waals surface area (Å²) in [7, 11) is -10.1. The van der Waals surface area contributed by atoms with E-state index in [0.717, 1.165) is 12.1 Å². The van der Waals surface area contributed by atoms with Crippen molar-refractivity contribution in [2.24, 2.45) is 5.14 Å². The van der Waals surface area contributed by atoms with Crippen LogP contribution in [0.4, 0.5) is 18.9 Å². The number of sulfone groups is 1. The number of anilines is 1. The number of primary sulfonamides is 1. The molecule has 1 saturated heterocycles. The molecule has 2 rings (SSSR count). The lowest BCUT2D eigenvalue weighted by Crippen LogP contribution is -2.39. The maximum atomic E-state index is 12.9. The molecule has 0 aliphatic carbocycles. The molecule has 13 heteroatoms. The number of benzene rings is 1. The molecular weight excluding hydrogens is 399 g/mol. The van der Waals surface area contributed by atoms with Crippen LogP contribution in [0.2, 0.25) is 0 Å². The number of nitrogens with two attached hydrogens (primary N) is 1. The topological polar surface area (TPSA) is 119 Å². The van der Waals surface area contributed by atoms with Crippen LogP contribution in [0.5, 0.6) is 0 Å². The summed E-state index contributed by atoms with van der Waals surface area (Å²) in [5.74, 6) is 0. The Morgan fingerprint density at radius 1 is 1.15 bits per heavy atom. The Labute approximate surface area is 149 Å². The number of halogens is 3. The van der Waals surface area contributed by atoms with E-state index in [1.54, 1.807) is 0 Å². The number of hydrogen-bond acceptors (Lipinski definition) is 7. The largest absolute Gasteiger partial charge is 0.501 e. The molecule has 0 amide bonds. The summed E-state index contributed by atoms with van der Waals surface area (Å²) in [6.07, 6.45) is 0. The molecule has 1 aliphatic rings. The van der Waals surface area contributed by atoms with Gasteiger partial charge in [0, 0.05) is 26.2 Å². The van der Waals surface area contributed by atoms with Crippen LogP contribution in [-0.4, -0.2) is 66.6 Å². The zero-order chi connectivity index (χ0) is 19.6. The zero-order valence-electron chi connectivity index (χ0n) is 13.5. The molecule has 1 fully saturated rings. The van der Waals surface area contributed by atoms with Crippen LogP contribution in [0.15, 0.2) is 28.0 Å². The second-order valence-electron chi connectivity index (χ2n) is 5.53. The molecule has 26 heavy (non-hydrogen) atoms. The molecule has 0 spiro atoms. The molecular formula is C13H18F3N3O5S2. The summed E-state index contributed by atoms with van der Waals surface area (Å²) in [6, 6.07) is 2.31. The summed E-state index contributed by atoms with van der Waals surface area (Å²) in [4.78, 5) is 0.0882. The molecule has 0 atom stereocenters. The normalized spacial score (nSPS) is 17.2. The molecule has 0 bridgehead atoms. The third-order valence-corrected chi connectivity index (χ3v) is 6.16. The number of sulfonamides is 1. The lowest BCUT2D eigenvalue weighted by Gasteiger charge is -2.26. The standard InChI is InChI=1S/C13H18F3N3O5S2/c14-13(15,16)25(20,21)12-9-10(26(17,22)23)1-2-11(12)18-3-4-19-5-7-24-8-6-19/h1-2,9,18H,3-8H2,(H2,17,22,23). The summed E-state index contributed by atoms with van der Waals surface area (Å²) in [5, 5.41) is 7.50. The Bertz CT molecular complexity index is 850. The van der Waals surface area contributed by atoms with Crippen molar-refractivity contribution in [3.8, 4) is 0 Å². The van der Waals surface area contributed by atoms with Crippen molar-refractivity contribution in [3.63, 3.8) is 0 Å². The highest BCUT2D eigenvalue weighted by Gasteiger charge is 2.48. The first-order chi connectivity index (χ1) is 11.9. The number of alkyl halides is 3. The fourth-order valence-corrected chi connectivity index (χ4v) is 3.92. The van der Waals surface area contributed by atoms with Gasteiger partial charge in [0.15, 0.2) is 0 Å². The van der Waals surface area contributed by atoms with E-state index in [-0.39, 0.29) is 12.2 Å². The number of morpholine rings is 1. The van der Waals surface area contributed by atoms with Crippen LogP contribution in [0, 0.1) is 0 Å². The minimum Gasteiger partial charge on any atom is -0.383 e. The molecule has 148 valence electrons. The van der Waals surface area contributed by atoms with E-state index in [4.69, 9.17) is 9.88 Å². The molecule has 3 N–H and O–H groups in total. The van der Waals surface area contributed by atoms with Gasteiger partial charge in [0.2, 0.25) is 10.0 Å². The lowest BCUT2D eigenvalue weighted by molar-refractivity contribution is -0.0435. The van der Waals surface area contributed by atoms with Gasteiger partial charge in [0.25, 0.3) is 9.84 Å². The first kappa shape index (κ1) is 20.9. The quantitative estimate of drug-likeness (QED) is 0.686. The fourth-order valence-electron chi connectivity index (χ4n) is 2.35. The van der Waals surface area contributed by atoms with Gasteiger partial charge in [-0.3, -0.25) is 4.90 Å². The van der Waals surface area contributed by atoms with Gasteiger partial charge in [-0.15, -0.1) is 0 Å². The SMILES string of the molecule is NS(=O)(=O)c1ccc(NCCN2CCOCC2)c(S(=O)(=O)C(F)(F)F)c1.